The molecule has 0 rings (SSSR count). The van der Waals surface area contributed by atoms with Crippen molar-refractivity contribution in [2.24, 2.45) is 0 Å². The van der Waals surface area contributed by atoms with Crippen LogP contribution >= 0.6 is 0 Å². The topological polar surface area (TPSA) is 136 Å². The monoisotopic (exact) mass is 500 g/mol. The van der Waals surface area contributed by atoms with Crippen molar-refractivity contribution in [1.29, 1.82) is 0 Å². The maximum absolute atomic E-state index is 11.3. The summed E-state index contributed by atoms with van der Waals surface area (Å²) in [6, 6.07) is 1.09. The van der Waals surface area contributed by atoms with Crippen LogP contribution in [0.25, 0.3) is 0 Å². The van der Waals surface area contributed by atoms with Crippen molar-refractivity contribution < 1.29 is 46.4 Å². The molecule has 0 amide bonds. The summed E-state index contributed by atoms with van der Waals surface area (Å²) >= 11 is 0. The molecule has 0 aromatic rings. The van der Waals surface area contributed by atoms with Crippen LogP contribution in [0.1, 0.15) is 12.8 Å². The molecular formula is C18H40N2O10Si2. The average Bonchev–Trinajstić information content (AvgIpc) is 2.77. The van der Waals surface area contributed by atoms with Gasteiger partial charge in [-0.3, -0.25) is 19.4 Å². The van der Waals surface area contributed by atoms with Gasteiger partial charge in [-0.2, -0.15) is 0 Å². The maximum atomic E-state index is 11.3. The molecule has 0 radical (unpaired) electrons. The summed E-state index contributed by atoms with van der Waals surface area (Å²) < 4.78 is 32.4. The van der Waals surface area contributed by atoms with E-state index in [0.29, 0.717) is 51.1 Å². The quantitative estimate of drug-likeness (QED) is 0.210. The number of hydrogen-bond acceptors (Lipinski definition) is 10. The Bertz CT molecular complexity index is 473. The van der Waals surface area contributed by atoms with Gasteiger partial charge in [-0.05, 0) is 25.9 Å². The molecule has 2 N–H and O–H groups in total. The van der Waals surface area contributed by atoms with Gasteiger partial charge in [0.25, 0.3) is 0 Å². The molecule has 0 heterocycles. The summed E-state index contributed by atoms with van der Waals surface area (Å²) in [5.41, 5.74) is 0. The van der Waals surface area contributed by atoms with Gasteiger partial charge in [-0.1, -0.05) is 0 Å². The normalized spacial score (nSPS) is 12.6. The lowest BCUT2D eigenvalue weighted by molar-refractivity contribution is -0.140. The van der Waals surface area contributed by atoms with Crippen molar-refractivity contribution in [2.45, 2.75) is 24.9 Å². The minimum atomic E-state index is -2.73. The summed E-state index contributed by atoms with van der Waals surface area (Å²) in [6.45, 7) is 1.51. The predicted molar refractivity (Wildman–Crippen MR) is 121 cm³/mol. The number of nitrogens with zero attached hydrogens (tertiary/aromatic N) is 2. The Morgan fingerprint density at radius 3 is 1.09 bits per heavy atom. The van der Waals surface area contributed by atoms with Crippen LogP contribution < -0.4 is 0 Å². The molecule has 0 bridgehead atoms. The van der Waals surface area contributed by atoms with Crippen LogP contribution in [0.2, 0.25) is 12.1 Å². The first-order valence-corrected chi connectivity index (χ1v) is 14.2. The van der Waals surface area contributed by atoms with E-state index >= 15 is 0 Å². The lowest BCUT2D eigenvalue weighted by Crippen LogP contribution is -2.45. The molecule has 0 aromatic carbocycles. The lowest BCUT2D eigenvalue weighted by Gasteiger charge is -2.29. The second-order valence-corrected chi connectivity index (χ2v) is 13.3. The molecule has 0 aliphatic heterocycles. The van der Waals surface area contributed by atoms with Crippen molar-refractivity contribution in [3.05, 3.63) is 0 Å². The van der Waals surface area contributed by atoms with E-state index in [1.54, 1.807) is 9.80 Å². The van der Waals surface area contributed by atoms with E-state index in [0.717, 1.165) is 0 Å². The fourth-order valence-electron chi connectivity index (χ4n) is 3.36. The molecule has 0 saturated heterocycles. The van der Waals surface area contributed by atoms with Crippen LogP contribution in [0, 0.1) is 0 Å². The van der Waals surface area contributed by atoms with Crippen molar-refractivity contribution in [3.8, 4) is 0 Å². The molecule has 190 valence electrons. The first-order valence-electron chi connectivity index (χ1n) is 10.3. The van der Waals surface area contributed by atoms with Crippen molar-refractivity contribution in [1.82, 2.24) is 9.80 Å². The number of carbonyl (C=O) groups is 2. The van der Waals surface area contributed by atoms with E-state index < -0.39 is 29.5 Å². The first kappa shape index (κ1) is 31.1. The summed E-state index contributed by atoms with van der Waals surface area (Å²) in [4.78, 5) is 26.1. The van der Waals surface area contributed by atoms with Gasteiger partial charge >= 0.3 is 29.5 Å². The number of carboxylic acid groups (broad SMARTS) is 2. The Balaban J connectivity index is 4.88. The van der Waals surface area contributed by atoms with Crippen LogP contribution in [-0.2, 0) is 36.1 Å². The van der Waals surface area contributed by atoms with Crippen molar-refractivity contribution >= 4 is 29.5 Å². The van der Waals surface area contributed by atoms with Gasteiger partial charge in [0.1, 0.15) is 0 Å². The SMILES string of the molecule is CO[Si](CCCN(CCN(CCC[Si](OC)(OC)OC)CC(=O)O)CC(=O)O)(OC)OC. The van der Waals surface area contributed by atoms with Crippen molar-refractivity contribution in [2.75, 3.05) is 81.9 Å². The van der Waals surface area contributed by atoms with E-state index in [1.165, 1.54) is 42.7 Å². The number of hydrogen-bond donors (Lipinski definition) is 2. The Hall–Kier alpha value is -0.946. The van der Waals surface area contributed by atoms with Crippen LogP contribution in [0.4, 0.5) is 0 Å². The van der Waals surface area contributed by atoms with Gasteiger partial charge in [0, 0.05) is 67.8 Å². The molecule has 0 saturated carbocycles. The number of carboxylic acids is 2. The Kier molecular flexibility index (Phi) is 16.1. The summed E-state index contributed by atoms with van der Waals surface area (Å²) in [5, 5.41) is 18.5. The fraction of sp³-hybridized carbons (Fsp3) is 0.889. The molecule has 0 atom stereocenters. The van der Waals surface area contributed by atoms with Gasteiger partial charge in [0.2, 0.25) is 0 Å². The molecule has 0 unspecified atom stereocenters. The zero-order valence-corrected chi connectivity index (χ0v) is 22.1. The lowest BCUT2D eigenvalue weighted by atomic mass is 10.3. The zero-order chi connectivity index (χ0) is 24.6. The second kappa shape index (κ2) is 16.6. The molecule has 0 fully saturated rings. The van der Waals surface area contributed by atoms with E-state index in [-0.39, 0.29) is 13.1 Å². The Labute approximate surface area is 193 Å². The van der Waals surface area contributed by atoms with Gasteiger partial charge in [-0.15, -0.1) is 0 Å². The third kappa shape index (κ3) is 11.8. The first-order chi connectivity index (χ1) is 15.1. The largest absolute Gasteiger partial charge is 0.500 e. The molecule has 14 heteroatoms. The van der Waals surface area contributed by atoms with Crippen molar-refractivity contribution in [3.63, 3.8) is 0 Å². The average molecular weight is 501 g/mol. The third-order valence-corrected chi connectivity index (χ3v) is 10.9. The molecular weight excluding hydrogens is 460 g/mol. The van der Waals surface area contributed by atoms with Crippen LogP contribution in [0.15, 0.2) is 0 Å². The smallest absolute Gasteiger partial charge is 0.480 e. The van der Waals surface area contributed by atoms with Gasteiger partial charge in [0.15, 0.2) is 0 Å². The van der Waals surface area contributed by atoms with E-state index in [2.05, 4.69) is 0 Å². The highest BCUT2D eigenvalue weighted by Gasteiger charge is 2.38. The predicted octanol–water partition coefficient (Wildman–Crippen LogP) is 0.296. The standard InChI is InChI=1S/C18H40N2O10Si2/c1-25-31(26-2,27-3)13-7-9-19(15-17(21)22)11-12-20(16-18(23)24)10-8-14-32(28-4,29-5)30-6/h7-16H2,1-6H3,(H,21,22)(H,23,24). The number of rotatable bonds is 21. The summed E-state index contributed by atoms with van der Waals surface area (Å²) in [5.74, 6) is -1.89. The molecule has 0 aromatic heterocycles. The minimum Gasteiger partial charge on any atom is -0.480 e. The zero-order valence-electron chi connectivity index (χ0n) is 20.1. The van der Waals surface area contributed by atoms with Crippen LogP contribution in [0.5, 0.6) is 0 Å². The van der Waals surface area contributed by atoms with Gasteiger partial charge in [-0.25, -0.2) is 0 Å². The third-order valence-electron chi connectivity index (χ3n) is 5.23. The van der Waals surface area contributed by atoms with E-state index in [1.807, 2.05) is 0 Å². The Morgan fingerprint density at radius 1 is 0.594 bits per heavy atom. The molecule has 0 aliphatic carbocycles. The molecule has 32 heavy (non-hydrogen) atoms. The summed E-state index contributed by atoms with van der Waals surface area (Å²) in [7, 11) is 3.74. The van der Waals surface area contributed by atoms with E-state index in [4.69, 9.17) is 26.6 Å². The fourth-order valence-corrected chi connectivity index (χ4v) is 6.76. The highest BCUT2D eigenvalue weighted by molar-refractivity contribution is 6.60. The maximum Gasteiger partial charge on any atom is 0.500 e. The second-order valence-electron chi connectivity index (χ2n) is 7.14. The minimum absolute atomic E-state index is 0.143. The highest BCUT2D eigenvalue weighted by atomic mass is 28.4. The number of aliphatic carboxylic acids is 2. The van der Waals surface area contributed by atoms with Crippen LogP contribution in [-0.4, -0.2) is 131 Å². The van der Waals surface area contributed by atoms with Crippen LogP contribution in [0.3, 0.4) is 0 Å². The Morgan fingerprint density at radius 2 is 0.875 bits per heavy atom. The van der Waals surface area contributed by atoms with E-state index in [9.17, 15) is 19.8 Å². The van der Waals surface area contributed by atoms with Gasteiger partial charge < -0.3 is 36.8 Å². The molecule has 0 aliphatic rings. The molecule has 12 nitrogen and oxygen atoms in total. The van der Waals surface area contributed by atoms with Gasteiger partial charge in [0.05, 0.1) is 13.1 Å². The summed E-state index contributed by atoms with van der Waals surface area (Å²) in [6.07, 6.45) is 1.25. The highest BCUT2D eigenvalue weighted by Crippen LogP contribution is 2.16. The molecule has 0 spiro atoms.